The molecule has 13 heteroatoms. The molecule has 2 aliphatic heterocycles. The van der Waals surface area contributed by atoms with Gasteiger partial charge in [0, 0.05) is 16.5 Å². The zero-order chi connectivity index (χ0) is 35.7. The number of phenols is 1. The highest BCUT2D eigenvalue weighted by Crippen LogP contribution is 2.63. The van der Waals surface area contributed by atoms with E-state index in [1.165, 1.54) is 11.8 Å². The first-order valence-corrected chi connectivity index (χ1v) is 16.2. The van der Waals surface area contributed by atoms with E-state index in [0.717, 1.165) is 0 Å². The first kappa shape index (κ1) is 32.0. The van der Waals surface area contributed by atoms with Crippen LogP contribution in [0.3, 0.4) is 0 Å². The van der Waals surface area contributed by atoms with Crippen molar-refractivity contribution in [2.24, 2.45) is 28.4 Å². The van der Waals surface area contributed by atoms with E-state index in [0.29, 0.717) is 45.3 Å². The molecule has 3 aromatic rings. The van der Waals surface area contributed by atoms with Gasteiger partial charge in [0.25, 0.3) is 0 Å². The minimum Gasteiger partial charge on any atom is -0.507 e. The minimum absolute atomic E-state index is 0.0359. The lowest BCUT2D eigenvalue weighted by Crippen LogP contribution is -2.79. The third-order valence-corrected chi connectivity index (χ3v) is 11.4. The molecule has 2 fully saturated rings. The van der Waals surface area contributed by atoms with E-state index in [1.807, 2.05) is 0 Å². The topological polar surface area (TPSA) is 192 Å². The summed E-state index contributed by atoms with van der Waals surface area (Å²) < 4.78 is 22.5. The van der Waals surface area contributed by atoms with Gasteiger partial charge in [0.05, 0.1) is 17.5 Å². The summed E-state index contributed by atoms with van der Waals surface area (Å²) in [5, 5.41) is 24.4. The van der Waals surface area contributed by atoms with E-state index < -0.39 is 69.1 Å². The van der Waals surface area contributed by atoms with Gasteiger partial charge in [0.15, 0.2) is 57.6 Å². The van der Waals surface area contributed by atoms with Crippen molar-refractivity contribution in [1.82, 2.24) is 4.90 Å². The van der Waals surface area contributed by atoms with Crippen LogP contribution in [0.25, 0.3) is 22.3 Å². The molecule has 0 aromatic heterocycles. The van der Waals surface area contributed by atoms with Crippen molar-refractivity contribution in [3.63, 3.8) is 0 Å². The van der Waals surface area contributed by atoms with Crippen LogP contribution in [0.2, 0.25) is 0 Å². The van der Waals surface area contributed by atoms with Crippen LogP contribution in [0.4, 0.5) is 0 Å². The molecule has 1 amide bonds. The number of carbonyl (C=O) groups excluding carboxylic acids is 5. The maximum absolute atomic E-state index is 14.9. The van der Waals surface area contributed by atoms with Crippen molar-refractivity contribution >= 4 is 29.0 Å². The number of hydrogen-bond donors (Lipinski definition) is 3. The number of likely N-dealkylation sites (N-methyl/N-ethyl adjacent to an activating group) is 1. The number of ketones is 4. The zero-order valence-electron chi connectivity index (χ0n) is 27.7. The van der Waals surface area contributed by atoms with Gasteiger partial charge < -0.3 is 34.9 Å². The van der Waals surface area contributed by atoms with Gasteiger partial charge in [0.1, 0.15) is 5.75 Å². The third kappa shape index (κ3) is 3.92. The Balaban J connectivity index is 1.37. The minimum atomic E-state index is -2.91. The Kier molecular flexibility index (Phi) is 6.63. The van der Waals surface area contributed by atoms with E-state index >= 15 is 0 Å². The quantitative estimate of drug-likeness (QED) is 0.341. The second-order valence-electron chi connectivity index (χ2n) is 14.5. The molecule has 258 valence electrons. The number of hydrogen-bond acceptors (Lipinski definition) is 12. The number of para-hydroxylation sites is 1. The summed E-state index contributed by atoms with van der Waals surface area (Å²) in [6.45, 7) is 3.18. The summed E-state index contributed by atoms with van der Waals surface area (Å²) in [6, 6.07) is 10.9. The zero-order valence-corrected chi connectivity index (χ0v) is 27.7. The summed E-state index contributed by atoms with van der Waals surface area (Å²) in [5.74, 6) is -7.68. The van der Waals surface area contributed by atoms with Crippen molar-refractivity contribution in [2.75, 3.05) is 27.7 Å². The van der Waals surface area contributed by atoms with E-state index in [-0.39, 0.29) is 37.6 Å². The van der Waals surface area contributed by atoms with Crippen molar-refractivity contribution < 1.29 is 53.1 Å². The fourth-order valence-electron chi connectivity index (χ4n) is 9.46. The van der Waals surface area contributed by atoms with Crippen molar-refractivity contribution in [3.8, 4) is 51.0 Å². The average Bonchev–Trinajstić information content (AvgIpc) is 3.72. The molecule has 3 aromatic carbocycles. The van der Waals surface area contributed by atoms with Crippen LogP contribution in [0.1, 0.15) is 36.2 Å². The van der Waals surface area contributed by atoms with Gasteiger partial charge in [-0.3, -0.25) is 28.9 Å². The van der Waals surface area contributed by atoms with Gasteiger partial charge in [-0.1, -0.05) is 32.0 Å². The van der Waals surface area contributed by atoms with E-state index in [2.05, 4.69) is 0 Å². The van der Waals surface area contributed by atoms with Crippen LogP contribution in [0.15, 0.2) is 42.5 Å². The van der Waals surface area contributed by atoms with Crippen molar-refractivity contribution in [2.45, 2.75) is 38.3 Å². The molecule has 2 heterocycles. The second kappa shape index (κ2) is 10.4. The highest BCUT2D eigenvalue weighted by Gasteiger charge is 2.76. The highest BCUT2D eigenvalue weighted by molar-refractivity contribution is 6.33. The van der Waals surface area contributed by atoms with Gasteiger partial charge in [0.2, 0.25) is 19.5 Å². The number of benzene rings is 3. The molecule has 5 aliphatic rings. The molecule has 2 saturated carbocycles. The molecule has 13 nitrogen and oxygen atoms in total. The lowest BCUT2D eigenvalue weighted by molar-refractivity contribution is -0.203. The Morgan fingerprint density at radius 3 is 2.30 bits per heavy atom. The molecule has 8 rings (SSSR count). The predicted octanol–water partition coefficient (Wildman–Crippen LogP) is 2.44. The number of nitrogens with zero attached hydrogens (tertiary/aromatic N) is 1. The maximum atomic E-state index is 14.9. The number of Topliss-reactive ketones (excluding diaryl/α,β-unsaturated/α-hetero) is 4. The molecule has 0 saturated heterocycles. The van der Waals surface area contributed by atoms with Crippen LogP contribution in [0, 0.1) is 22.7 Å². The molecular weight excluding hydrogens is 648 g/mol. The number of aliphatic hydroxyl groups is 1. The molecule has 4 N–H and O–H groups in total. The van der Waals surface area contributed by atoms with Crippen molar-refractivity contribution in [3.05, 3.63) is 53.6 Å². The van der Waals surface area contributed by atoms with Gasteiger partial charge >= 0.3 is 0 Å². The molecular formula is C37H34N2O11. The maximum Gasteiger partial charge on any atom is 0.235 e. The average molecular weight is 683 g/mol. The van der Waals surface area contributed by atoms with Crippen LogP contribution in [-0.4, -0.2) is 83.5 Å². The number of primary amides is 1. The number of nitrogens with two attached hydrogens (primary N) is 1. The number of carbonyl (C=O) groups is 5. The van der Waals surface area contributed by atoms with Gasteiger partial charge in [-0.15, -0.1) is 0 Å². The standard InChI is InChI=1S/C37H34N2O11/c1-35-12-20-18(16-8-9-21-23(10-16)49-14-47-21)11-19(17-6-5-7-22-30(17)50-15-48-22)27(40)24(20)28(41)26(35)33(44)37(46)32(43)25(34(38)45)29(42)31(39(3)4)36(37,2)13-35/h5-11,25-26,31,40,46H,12-15H2,1-4H3,(H2,38,45)/t25?,26?,31-,35+,36+,37-/m1/s1. The monoisotopic (exact) mass is 682 g/mol. The molecule has 0 spiro atoms. The highest BCUT2D eigenvalue weighted by atomic mass is 16.7. The smallest absolute Gasteiger partial charge is 0.235 e. The van der Waals surface area contributed by atoms with Gasteiger partial charge in [-0.2, -0.15) is 0 Å². The SMILES string of the molecule is CN(C)[C@@H]1C(=O)C(C(N)=O)C(=O)[C@@]2(O)C(=O)C3C(=O)c4c(O)c(-c5cccc6c5OCO6)cc(-c5ccc6c(c5)OCO6)c4C[C@@]3(C)C[C@@]12C. The summed E-state index contributed by atoms with van der Waals surface area (Å²) in [6.07, 6.45) is -0.0909. The van der Waals surface area contributed by atoms with Gasteiger partial charge in [-0.05, 0) is 73.3 Å². The number of amides is 1. The number of aromatic hydroxyl groups is 1. The van der Waals surface area contributed by atoms with Crippen LogP contribution >= 0.6 is 0 Å². The Morgan fingerprint density at radius 2 is 1.58 bits per heavy atom. The third-order valence-electron chi connectivity index (χ3n) is 11.4. The van der Waals surface area contributed by atoms with E-state index in [4.69, 9.17) is 24.7 Å². The predicted molar refractivity (Wildman–Crippen MR) is 174 cm³/mol. The summed E-state index contributed by atoms with van der Waals surface area (Å²) in [7, 11) is 3.10. The van der Waals surface area contributed by atoms with Crippen LogP contribution < -0.4 is 24.7 Å². The number of fused-ring (bicyclic) bond motifs is 5. The molecule has 2 unspecified atom stereocenters. The second-order valence-corrected chi connectivity index (χ2v) is 14.5. The first-order valence-electron chi connectivity index (χ1n) is 16.2. The summed E-state index contributed by atoms with van der Waals surface area (Å²) in [4.78, 5) is 71.4. The molecule has 50 heavy (non-hydrogen) atoms. The first-order chi connectivity index (χ1) is 23.6. The fraction of sp³-hybridized carbons (Fsp3) is 0.378. The fourth-order valence-corrected chi connectivity index (χ4v) is 9.46. The van der Waals surface area contributed by atoms with E-state index in [9.17, 15) is 34.2 Å². The Labute approximate surface area is 285 Å². The lowest BCUT2D eigenvalue weighted by Gasteiger charge is -2.61. The largest absolute Gasteiger partial charge is 0.507 e. The Morgan fingerprint density at radius 1 is 0.880 bits per heavy atom. The number of ether oxygens (including phenoxy) is 4. The Bertz CT molecular complexity index is 2110. The van der Waals surface area contributed by atoms with Crippen LogP contribution in [0.5, 0.6) is 28.7 Å². The molecule has 0 bridgehead atoms. The number of phenolic OH excluding ortho intramolecular Hbond substituents is 1. The van der Waals surface area contributed by atoms with E-state index in [1.54, 1.807) is 63.5 Å². The normalized spacial score (nSPS) is 30.6. The van der Waals surface area contributed by atoms with Crippen LogP contribution in [-0.2, 0) is 25.6 Å². The van der Waals surface area contributed by atoms with Crippen molar-refractivity contribution in [1.29, 1.82) is 0 Å². The lowest BCUT2D eigenvalue weighted by atomic mass is 9.42. The molecule has 0 radical (unpaired) electrons. The summed E-state index contributed by atoms with van der Waals surface area (Å²) >= 11 is 0. The Hall–Kier alpha value is -5.27. The van der Waals surface area contributed by atoms with Gasteiger partial charge in [-0.25, -0.2) is 0 Å². The summed E-state index contributed by atoms with van der Waals surface area (Å²) in [5.41, 5.74) is 1.73. The number of rotatable bonds is 4. The molecule has 3 aliphatic carbocycles. The molecule has 6 atom stereocenters.